The van der Waals surface area contributed by atoms with Crippen molar-refractivity contribution in [1.29, 1.82) is 0 Å². The molecule has 1 aliphatic rings. The lowest BCUT2D eigenvalue weighted by Gasteiger charge is -2.35. The van der Waals surface area contributed by atoms with E-state index < -0.39 is 0 Å². The maximum Gasteiger partial charge on any atom is 0.205 e. The van der Waals surface area contributed by atoms with Gasteiger partial charge in [-0.2, -0.15) is 0 Å². The van der Waals surface area contributed by atoms with Crippen LogP contribution < -0.4 is 10.5 Å². The minimum atomic E-state index is -0.0447. The zero-order chi connectivity index (χ0) is 24.9. The molecule has 0 radical (unpaired) electrons. The Balaban J connectivity index is 1.74. The van der Waals surface area contributed by atoms with Crippen molar-refractivity contribution >= 4 is 33.0 Å². The van der Waals surface area contributed by atoms with Crippen molar-refractivity contribution in [3.63, 3.8) is 0 Å². The lowest BCUT2D eigenvalue weighted by molar-refractivity contribution is 0.104. The largest absolute Gasteiger partial charge is 0.497 e. The molecule has 2 N–H and O–H groups in total. The Labute approximate surface area is 211 Å². The van der Waals surface area contributed by atoms with Gasteiger partial charge in [-0.15, -0.1) is 11.3 Å². The Morgan fingerprint density at radius 1 is 1.09 bits per heavy atom. The summed E-state index contributed by atoms with van der Waals surface area (Å²) in [5.41, 5.74) is 13.9. The van der Waals surface area contributed by atoms with Gasteiger partial charge in [0.15, 0.2) is 0 Å². The first kappa shape index (κ1) is 23.6. The number of carbonyl (C=O) groups excluding carboxylic acids is 1. The maximum atomic E-state index is 13.5. The highest BCUT2D eigenvalue weighted by Crippen LogP contribution is 2.47. The van der Waals surface area contributed by atoms with Gasteiger partial charge in [0.05, 0.1) is 12.8 Å². The van der Waals surface area contributed by atoms with Crippen molar-refractivity contribution in [2.45, 2.75) is 47.0 Å². The van der Waals surface area contributed by atoms with Gasteiger partial charge in [-0.3, -0.25) is 4.79 Å². The molecule has 2 heterocycles. The number of anilines is 1. The summed E-state index contributed by atoms with van der Waals surface area (Å²) < 4.78 is 5.40. The van der Waals surface area contributed by atoms with Crippen LogP contribution in [0.2, 0.25) is 0 Å². The third-order valence-electron chi connectivity index (χ3n) is 7.37. The van der Waals surface area contributed by atoms with E-state index in [0.717, 1.165) is 57.6 Å². The van der Waals surface area contributed by atoms with E-state index in [1.165, 1.54) is 16.9 Å². The highest BCUT2D eigenvalue weighted by Gasteiger charge is 2.33. The SMILES string of the molecule is COc1ccc(-c2c3c(nc4sc(C(=O)c5ccc(C)cc5)c(N)c24)CC[C@H](C(C)(C)C)C3)cc1. The van der Waals surface area contributed by atoms with Crippen LogP contribution in [0.25, 0.3) is 21.3 Å². The number of benzene rings is 2. The molecule has 1 aliphatic carbocycles. The number of ketones is 1. The van der Waals surface area contributed by atoms with Crippen molar-refractivity contribution < 1.29 is 9.53 Å². The molecule has 0 saturated heterocycles. The fourth-order valence-corrected chi connectivity index (χ4v) is 6.23. The number of carbonyl (C=O) groups is 1. The fraction of sp³-hybridized carbons (Fsp3) is 0.333. The number of ether oxygens (including phenoxy) is 1. The standard InChI is InChI=1S/C30H32N2O2S/c1-17-6-8-19(9-7-17)27(33)28-26(31)25-24(18-10-13-21(34-5)14-11-18)22-16-20(30(2,3)4)12-15-23(22)32-29(25)35-28/h6-11,13-14,20H,12,15-16,31H2,1-5H3/t20-/m0/s1. The number of nitrogens with two attached hydrogens (primary N) is 1. The molecule has 1 atom stereocenters. The van der Waals surface area contributed by atoms with Crippen molar-refractivity contribution in [2.24, 2.45) is 11.3 Å². The predicted octanol–water partition coefficient (Wildman–Crippen LogP) is 7.24. The van der Waals surface area contributed by atoms with Gasteiger partial charge in [-0.25, -0.2) is 4.98 Å². The number of rotatable bonds is 4. The lowest BCUT2D eigenvalue weighted by atomic mass is 9.70. The van der Waals surface area contributed by atoms with E-state index in [1.54, 1.807) is 7.11 Å². The van der Waals surface area contributed by atoms with Crippen molar-refractivity contribution in [2.75, 3.05) is 12.8 Å². The molecule has 4 nitrogen and oxygen atoms in total. The molecule has 35 heavy (non-hydrogen) atoms. The molecule has 2 aromatic heterocycles. The lowest BCUT2D eigenvalue weighted by Crippen LogP contribution is -2.27. The van der Waals surface area contributed by atoms with Crippen molar-refractivity contribution in [3.05, 3.63) is 75.8 Å². The minimum absolute atomic E-state index is 0.0447. The second-order valence-corrected chi connectivity index (χ2v) is 11.7. The van der Waals surface area contributed by atoms with E-state index in [1.807, 2.05) is 43.3 Å². The number of methoxy groups -OCH3 is 1. The van der Waals surface area contributed by atoms with Crippen LogP contribution in [0.5, 0.6) is 5.75 Å². The molecule has 2 aromatic carbocycles. The van der Waals surface area contributed by atoms with Gasteiger partial charge in [0, 0.05) is 16.6 Å². The molecule has 180 valence electrons. The zero-order valence-electron chi connectivity index (χ0n) is 21.1. The minimum Gasteiger partial charge on any atom is -0.497 e. The first-order chi connectivity index (χ1) is 16.7. The smallest absolute Gasteiger partial charge is 0.205 e. The molecule has 0 bridgehead atoms. The van der Waals surface area contributed by atoms with Gasteiger partial charge in [-0.05, 0) is 66.3 Å². The Morgan fingerprint density at radius 3 is 2.40 bits per heavy atom. The molecule has 4 aromatic rings. The summed E-state index contributed by atoms with van der Waals surface area (Å²) in [5, 5.41) is 0.906. The molecule has 0 saturated carbocycles. The third kappa shape index (κ3) is 4.23. The average Bonchev–Trinajstić information content (AvgIpc) is 3.17. The van der Waals surface area contributed by atoms with Gasteiger partial charge in [0.2, 0.25) is 5.78 Å². The first-order valence-electron chi connectivity index (χ1n) is 12.2. The molecule has 5 rings (SSSR count). The average molecular weight is 485 g/mol. The van der Waals surface area contributed by atoms with E-state index >= 15 is 0 Å². The van der Waals surface area contributed by atoms with Crippen LogP contribution in [0.3, 0.4) is 0 Å². The number of fused-ring (bicyclic) bond motifs is 2. The van der Waals surface area contributed by atoms with E-state index in [-0.39, 0.29) is 11.2 Å². The van der Waals surface area contributed by atoms with Gasteiger partial charge >= 0.3 is 0 Å². The summed E-state index contributed by atoms with van der Waals surface area (Å²) in [6.45, 7) is 8.97. The van der Waals surface area contributed by atoms with Crippen LogP contribution in [0.1, 0.15) is 59.2 Å². The van der Waals surface area contributed by atoms with E-state index in [2.05, 4.69) is 32.9 Å². The summed E-state index contributed by atoms with van der Waals surface area (Å²) >= 11 is 1.42. The molecule has 0 fully saturated rings. The normalized spacial score (nSPS) is 15.7. The van der Waals surface area contributed by atoms with Crippen LogP contribution in [0, 0.1) is 18.3 Å². The third-order valence-corrected chi connectivity index (χ3v) is 8.46. The summed E-state index contributed by atoms with van der Waals surface area (Å²) in [7, 11) is 1.68. The maximum absolute atomic E-state index is 13.5. The van der Waals surface area contributed by atoms with E-state index in [4.69, 9.17) is 15.5 Å². The number of nitrogens with zero attached hydrogens (tertiary/aromatic N) is 1. The number of aryl methyl sites for hydroxylation is 2. The molecule has 0 amide bonds. The van der Waals surface area contributed by atoms with Gasteiger partial charge in [-0.1, -0.05) is 62.7 Å². The Bertz CT molecular complexity index is 1410. The summed E-state index contributed by atoms with van der Waals surface area (Å²) in [6, 6.07) is 15.8. The number of aromatic nitrogens is 1. The van der Waals surface area contributed by atoms with Crippen LogP contribution in [0.15, 0.2) is 48.5 Å². The van der Waals surface area contributed by atoms with Gasteiger partial charge in [0.1, 0.15) is 15.5 Å². The van der Waals surface area contributed by atoms with Crippen molar-refractivity contribution in [3.8, 4) is 16.9 Å². The number of hydrogen-bond acceptors (Lipinski definition) is 5. The molecule has 5 heteroatoms. The predicted molar refractivity (Wildman–Crippen MR) is 146 cm³/mol. The number of thiophene rings is 1. The van der Waals surface area contributed by atoms with Crippen LogP contribution in [-0.2, 0) is 12.8 Å². The quantitative estimate of drug-likeness (QED) is 0.310. The summed E-state index contributed by atoms with van der Waals surface area (Å²) in [4.78, 5) is 20.0. The van der Waals surface area contributed by atoms with Crippen LogP contribution >= 0.6 is 11.3 Å². The second-order valence-electron chi connectivity index (χ2n) is 10.7. The second kappa shape index (κ2) is 8.80. The van der Waals surface area contributed by atoms with E-state index in [9.17, 15) is 4.79 Å². The van der Waals surface area contributed by atoms with Gasteiger partial charge < -0.3 is 10.5 Å². The van der Waals surface area contributed by atoms with Crippen molar-refractivity contribution in [1.82, 2.24) is 4.98 Å². The Hall–Kier alpha value is -3.18. The topological polar surface area (TPSA) is 65.2 Å². The van der Waals surface area contributed by atoms with Gasteiger partial charge in [0.25, 0.3) is 0 Å². The molecular formula is C30H32N2O2S. The number of pyridine rings is 1. The molecular weight excluding hydrogens is 452 g/mol. The fourth-order valence-electron chi connectivity index (χ4n) is 5.14. The van der Waals surface area contributed by atoms with E-state index in [0.29, 0.717) is 22.0 Å². The zero-order valence-corrected chi connectivity index (χ0v) is 21.9. The highest BCUT2D eigenvalue weighted by atomic mass is 32.1. The Morgan fingerprint density at radius 2 is 1.77 bits per heavy atom. The summed E-state index contributed by atoms with van der Waals surface area (Å²) in [6.07, 6.45) is 3.02. The molecule has 0 spiro atoms. The Kier molecular flexibility index (Phi) is 5.92. The number of nitrogen functional groups attached to an aromatic ring is 1. The summed E-state index contributed by atoms with van der Waals surface area (Å²) in [5.74, 6) is 1.32. The highest BCUT2D eigenvalue weighted by molar-refractivity contribution is 7.21. The molecule has 0 aliphatic heterocycles. The molecule has 0 unspecified atom stereocenters. The van der Waals surface area contributed by atoms with Crippen LogP contribution in [-0.4, -0.2) is 17.9 Å². The monoisotopic (exact) mass is 484 g/mol. The van der Waals surface area contributed by atoms with Crippen LogP contribution in [0.4, 0.5) is 5.69 Å². The number of hydrogen-bond donors (Lipinski definition) is 1. The first-order valence-corrected chi connectivity index (χ1v) is 13.0.